The van der Waals surface area contributed by atoms with Crippen molar-refractivity contribution >= 4 is 0 Å². The molecule has 45 heavy (non-hydrogen) atoms. The summed E-state index contributed by atoms with van der Waals surface area (Å²) in [4.78, 5) is 42.4. The first-order chi connectivity index (χ1) is 22.0. The summed E-state index contributed by atoms with van der Waals surface area (Å²) in [5.74, 6) is 6.49. The molecule has 7 rings (SSSR count). The molecule has 1 aliphatic rings. The SMILES string of the molecule is Cc1nc(C)nc(-c2cccc(-c3nc(C)nc(-c4ccc(-c5nc(-c6ccccc6)nc(C6CCCCC6)n5)cc4)n3)c2)n1. The van der Waals surface area contributed by atoms with Crippen LogP contribution in [0.15, 0.2) is 78.9 Å². The Morgan fingerprint density at radius 1 is 0.400 bits per heavy atom. The minimum absolute atomic E-state index is 0.366. The van der Waals surface area contributed by atoms with Gasteiger partial charge in [-0.05, 0) is 39.7 Å². The fourth-order valence-electron chi connectivity index (χ4n) is 5.83. The average molecular weight is 592 g/mol. The van der Waals surface area contributed by atoms with Gasteiger partial charge in [0.15, 0.2) is 29.1 Å². The maximum Gasteiger partial charge on any atom is 0.163 e. The first-order valence-corrected chi connectivity index (χ1v) is 15.4. The largest absolute Gasteiger partial charge is 0.219 e. The number of hydrogen-bond donors (Lipinski definition) is 0. The van der Waals surface area contributed by atoms with Crippen LogP contribution in [0.25, 0.3) is 56.9 Å². The highest BCUT2D eigenvalue weighted by atomic mass is 15.0. The average Bonchev–Trinajstić information content (AvgIpc) is 3.08. The molecule has 0 amide bonds. The second-order valence-electron chi connectivity index (χ2n) is 11.5. The minimum atomic E-state index is 0.366. The van der Waals surface area contributed by atoms with E-state index in [0.29, 0.717) is 52.5 Å². The smallest absolute Gasteiger partial charge is 0.163 e. The predicted molar refractivity (Wildman–Crippen MR) is 174 cm³/mol. The van der Waals surface area contributed by atoms with Crippen molar-refractivity contribution < 1.29 is 0 Å². The minimum Gasteiger partial charge on any atom is -0.219 e. The van der Waals surface area contributed by atoms with E-state index in [1.165, 1.54) is 19.3 Å². The van der Waals surface area contributed by atoms with Crippen LogP contribution < -0.4 is 0 Å². The highest BCUT2D eigenvalue weighted by Crippen LogP contribution is 2.33. The van der Waals surface area contributed by atoms with E-state index in [1.807, 2.05) is 87.5 Å². The fraction of sp³-hybridized carbons (Fsp3) is 0.250. The first-order valence-electron chi connectivity index (χ1n) is 15.4. The van der Waals surface area contributed by atoms with Gasteiger partial charge in [0, 0.05) is 33.7 Å². The molecule has 0 saturated heterocycles. The van der Waals surface area contributed by atoms with Gasteiger partial charge in [0.05, 0.1) is 0 Å². The lowest BCUT2D eigenvalue weighted by molar-refractivity contribution is 0.428. The van der Waals surface area contributed by atoms with Gasteiger partial charge in [-0.25, -0.2) is 44.9 Å². The Kier molecular flexibility index (Phi) is 7.82. The number of nitrogens with zero attached hydrogens (tertiary/aromatic N) is 9. The molecule has 0 radical (unpaired) electrons. The van der Waals surface area contributed by atoms with Crippen LogP contribution in [0.4, 0.5) is 0 Å². The molecular weight excluding hydrogens is 558 g/mol. The van der Waals surface area contributed by atoms with E-state index >= 15 is 0 Å². The van der Waals surface area contributed by atoms with Gasteiger partial charge in [-0.15, -0.1) is 0 Å². The van der Waals surface area contributed by atoms with Gasteiger partial charge < -0.3 is 0 Å². The summed E-state index contributed by atoms with van der Waals surface area (Å²) in [5, 5.41) is 0. The Balaban J connectivity index is 1.22. The van der Waals surface area contributed by atoms with Crippen molar-refractivity contribution in [1.29, 1.82) is 0 Å². The van der Waals surface area contributed by atoms with Crippen LogP contribution >= 0.6 is 0 Å². The van der Waals surface area contributed by atoms with Crippen molar-refractivity contribution in [2.45, 2.75) is 58.8 Å². The van der Waals surface area contributed by atoms with Crippen LogP contribution in [-0.4, -0.2) is 44.9 Å². The Labute approximate surface area is 262 Å². The van der Waals surface area contributed by atoms with Gasteiger partial charge in [0.25, 0.3) is 0 Å². The lowest BCUT2D eigenvalue weighted by atomic mass is 9.88. The zero-order chi connectivity index (χ0) is 30.8. The second kappa shape index (κ2) is 12.4. The third kappa shape index (κ3) is 6.33. The van der Waals surface area contributed by atoms with E-state index in [-0.39, 0.29) is 0 Å². The Morgan fingerprint density at radius 3 is 1.38 bits per heavy atom. The zero-order valence-corrected chi connectivity index (χ0v) is 25.6. The molecule has 6 aromatic rings. The normalized spacial score (nSPS) is 13.6. The monoisotopic (exact) mass is 591 g/mol. The summed E-state index contributed by atoms with van der Waals surface area (Å²) >= 11 is 0. The summed E-state index contributed by atoms with van der Waals surface area (Å²) in [6, 6.07) is 26.2. The van der Waals surface area contributed by atoms with Crippen LogP contribution in [0, 0.1) is 20.8 Å². The predicted octanol–water partition coefficient (Wildman–Crippen LogP) is 7.55. The van der Waals surface area contributed by atoms with Crippen LogP contribution in [-0.2, 0) is 0 Å². The van der Waals surface area contributed by atoms with Crippen molar-refractivity contribution in [2.75, 3.05) is 0 Å². The van der Waals surface area contributed by atoms with Crippen molar-refractivity contribution in [3.63, 3.8) is 0 Å². The van der Waals surface area contributed by atoms with E-state index in [0.717, 1.165) is 46.5 Å². The fourth-order valence-corrected chi connectivity index (χ4v) is 5.83. The number of benzene rings is 3. The van der Waals surface area contributed by atoms with Crippen LogP contribution in [0.3, 0.4) is 0 Å². The summed E-state index contributed by atoms with van der Waals surface area (Å²) < 4.78 is 0. The van der Waals surface area contributed by atoms with E-state index in [1.54, 1.807) is 0 Å². The van der Waals surface area contributed by atoms with Gasteiger partial charge in [0.2, 0.25) is 0 Å². The van der Waals surface area contributed by atoms with Gasteiger partial charge in [-0.2, -0.15) is 0 Å². The third-order valence-corrected chi connectivity index (χ3v) is 8.04. The van der Waals surface area contributed by atoms with Crippen LogP contribution in [0.2, 0.25) is 0 Å². The van der Waals surface area contributed by atoms with Crippen molar-refractivity contribution in [3.8, 4) is 56.9 Å². The maximum atomic E-state index is 4.99. The Bertz CT molecular complexity index is 1950. The summed E-state index contributed by atoms with van der Waals surface area (Å²) in [6.45, 7) is 5.62. The molecule has 1 aliphatic carbocycles. The van der Waals surface area contributed by atoms with Gasteiger partial charge >= 0.3 is 0 Å². The maximum absolute atomic E-state index is 4.99. The van der Waals surface area contributed by atoms with Gasteiger partial charge in [-0.1, -0.05) is 92.1 Å². The molecule has 0 N–H and O–H groups in total. The molecule has 3 heterocycles. The second-order valence-corrected chi connectivity index (χ2v) is 11.5. The molecular formula is C36H33N9. The third-order valence-electron chi connectivity index (χ3n) is 8.04. The molecule has 1 saturated carbocycles. The number of hydrogen-bond acceptors (Lipinski definition) is 9. The molecule has 9 nitrogen and oxygen atoms in total. The number of aromatic nitrogens is 9. The molecule has 1 fully saturated rings. The van der Waals surface area contributed by atoms with E-state index in [4.69, 9.17) is 19.9 Å². The zero-order valence-electron chi connectivity index (χ0n) is 25.6. The van der Waals surface area contributed by atoms with Crippen LogP contribution in [0.5, 0.6) is 0 Å². The van der Waals surface area contributed by atoms with E-state index < -0.39 is 0 Å². The van der Waals surface area contributed by atoms with Crippen molar-refractivity contribution in [2.24, 2.45) is 0 Å². The Morgan fingerprint density at radius 2 is 0.822 bits per heavy atom. The molecule has 0 unspecified atom stereocenters. The molecule has 0 aliphatic heterocycles. The molecule has 9 heteroatoms. The summed E-state index contributed by atoms with van der Waals surface area (Å²) in [5.41, 5.74) is 4.55. The lowest BCUT2D eigenvalue weighted by Gasteiger charge is -2.21. The number of aryl methyl sites for hydroxylation is 3. The molecule has 0 spiro atoms. The lowest BCUT2D eigenvalue weighted by Crippen LogP contribution is -2.11. The van der Waals surface area contributed by atoms with Gasteiger partial charge in [-0.3, -0.25) is 0 Å². The molecule has 3 aromatic carbocycles. The highest BCUT2D eigenvalue weighted by molar-refractivity contribution is 5.69. The molecule has 0 bridgehead atoms. The highest BCUT2D eigenvalue weighted by Gasteiger charge is 2.21. The molecule has 222 valence electrons. The van der Waals surface area contributed by atoms with Crippen molar-refractivity contribution in [1.82, 2.24) is 44.9 Å². The standard InChI is InChI=1S/C36H33N9/c1-22-37-23(2)39-35(38-22)29-15-10-16-30(21-29)36-41-24(3)40-31(42-36)27-17-19-28(20-18-27)34-44-32(25-11-6-4-7-12-25)43-33(45-34)26-13-8-5-9-14-26/h4,6-7,10-12,15-21,26H,5,8-9,13-14H2,1-3H3. The van der Waals surface area contributed by atoms with Crippen LogP contribution in [0.1, 0.15) is 61.3 Å². The van der Waals surface area contributed by atoms with E-state index in [9.17, 15) is 0 Å². The van der Waals surface area contributed by atoms with Gasteiger partial charge in [0.1, 0.15) is 23.3 Å². The van der Waals surface area contributed by atoms with E-state index in [2.05, 4.69) is 37.1 Å². The summed E-state index contributed by atoms with van der Waals surface area (Å²) in [7, 11) is 0. The molecule has 0 atom stereocenters. The number of rotatable bonds is 6. The molecule has 3 aromatic heterocycles. The quantitative estimate of drug-likeness (QED) is 0.193. The Hall–Kier alpha value is -5.31. The first kappa shape index (κ1) is 28.5. The topological polar surface area (TPSA) is 116 Å². The summed E-state index contributed by atoms with van der Waals surface area (Å²) in [6.07, 6.45) is 5.96. The van der Waals surface area contributed by atoms with Crippen molar-refractivity contribution in [3.05, 3.63) is 102 Å².